The first-order chi connectivity index (χ1) is 14.9. The van der Waals surface area contributed by atoms with Gasteiger partial charge < -0.3 is 15.2 Å². The van der Waals surface area contributed by atoms with Gasteiger partial charge in [-0.15, -0.1) is 10.2 Å². The molecular weight excluding hydrogens is 410 g/mol. The van der Waals surface area contributed by atoms with Crippen LogP contribution in [0.5, 0.6) is 0 Å². The summed E-state index contributed by atoms with van der Waals surface area (Å²) in [6.07, 6.45) is 4.67. The van der Waals surface area contributed by atoms with E-state index in [1.54, 1.807) is 12.1 Å². The number of hydrogen-bond acceptors (Lipinski definition) is 5. The molecule has 7 nitrogen and oxygen atoms in total. The lowest BCUT2D eigenvalue weighted by Gasteiger charge is -2.29. The maximum Gasteiger partial charge on any atom is 0.251 e. The van der Waals surface area contributed by atoms with Crippen LogP contribution >= 0.6 is 11.8 Å². The molecular formula is C23H33N5O2S. The third-order valence-electron chi connectivity index (χ3n) is 5.93. The van der Waals surface area contributed by atoms with Gasteiger partial charge in [0, 0.05) is 18.7 Å². The molecule has 1 saturated carbocycles. The van der Waals surface area contributed by atoms with Crippen LogP contribution in [0.3, 0.4) is 0 Å². The van der Waals surface area contributed by atoms with Crippen molar-refractivity contribution in [2.24, 2.45) is 18.9 Å². The Morgan fingerprint density at radius 1 is 1.16 bits per heavy atom. The third-order valence-corrected chi connectivity index (χ3v) is 6.95. The minimum Gasteiger partial charge on any atom is -0.352 e. The van der Waals surface area contributed by atoms with Crippen LogP contribution in [0.25, 0.3) is 0 Å². The number of nitrogens with one attached hydrogen (secondary N) is 2. The highest BCUT2D eigenvalue weighted by molar-refractivity contribution is 7.99. The monoisotopic (exact) mass is 443 g/mol. The molecule has 0 unspecified atom stereocenters. The van der Waals surface area contributed by atoms with Crippen LogP contribution in [0.4, 0.5) is 0 Å². The maximum absolute atomic E-state index is 12.7. The summed E-state index contributed by atoms with van der Waals surface area (Å²) < 4.78 is 1.87. The summed E-state index contributed by atoms with van der Waals surface area (Å²) in [5, 5.41) is 15.5. The van der Waals surface area contributed by atoms with Crippen molar-refractivity contribution in [3.63, 3.8) is 0 Å². The Hall–Kier alpha value is -2.35. The zero-order valence-electron chi connectivity index (χ0n) is 18.8. The van der Waals surface area contributed by atoms with Crippen LogP contribution in [0.2, 0.25) is 0 Å². The van der Waals surface area contributed by atoms with Gasteiger partial charge in [0.15, 0.2) is 11.0 Å². The largest absolute Gasteiger partial charge is 0.352 e. The molecule has 3 rings (SSSR count). The summed E-state index contributed by atoms with van der Waals surface area (Å²) in [5.74, 6) is 1.54. The Labute approximate surface area is 188 Å². The van der Waals surface area contributed by atoms with Gasteiger partial charge in [-0.25, -0.2) is 0 Å². The molecule has 168 valence electrons. The van der Waals surface area contributed by atoms with Crippen LogP contribution in [-0.4, -0.2) is 38.4 Å². The number of carbonyl (C=O) groups excluding carboxylic acids is 2. The van der Waals surface area contributed by atoms with E-state index in [0.717, 1.165) is 6.42 Å². The highest BCUT2D eigenvalue weighted by Gasteiger charge is 2.26. The molecule has 8 heteroatoms. The number of amides is 2. The highest BCUT2D eigenvalue weighted by Crippen LogP contribution is 2.26. The lowest BCUT2D eigenvalue weighted by atomic mass is 9.86. The summed E-state index contributed by atoms with van der Waals surface area (Å²) in [7, 11) is 1.88. The summed E-state index contributed by atoms with van der Waals surface area (Å²) in [6, 6.07) is 9.14. The first-order valence-electron chi connectivity index (χ1n) is 11.0. The summed E-state index contributed by atoms with van der Waals surface area (Å²) >= 11 is 1.37. The van der Waals surface area contributed by atoms with Gasteiger partial charge in [-0.2, -0.15) is 0 Å². The molecule has 1 aliphatic carbocycles. The van der Waals surface area contributed by atoms with Gasteiger partial charge in [0.1, 0.15) is 0 Å². The van der Waals surface area contributed by atoms with Crippen molar-refractivity contribution in [3.05, 3.63) is 41.7 Å². The Kier molecular flexibility index (Phi) is 8.12. The predicted octanol–water partition coefficient (Wildman–Crippen LogP) is 3.73. The van der Waals surface area contributed by atoms with Crippen molar-refractivity contribution in [1.82, 2.24) is 25.4 Å². The number of nitrogens with zero attached hydrogens (tertiary/aromatic N) is 3. The molecule has 1 aromatic heterocycles. The summed E-state index contributed by atoms with van der Waals surface area (Å²) in [6.45, 7) is 6.29. The summed E-state index contributed by atoms with van der Waals surface area (Å²) in [4.78, 5) is 25.1. The molecule has 31 heavy (non-hydrogen) atoms. The average Bonchev–Trinajstić information content (AvgIpc) is 3.12. The zero-order chi connectivity index (χ0) is 22.4. The quantitative estimate of drug-likeness (QED) is 0.607. The fourth-order valence-corrected chi connectivity index (χ4v) is 4.70. The number of hydrogen-bond donors (Lipinski definition) is 2. The molecule has 0 radical (unpaired) electrons. The Bertz CT molecular complexity index is 883. The van der Waals surface area contributed by atoms with E-state index in [1.165, 1.54) is 31.0 Å². The lowest BCUT2D eigenvalue weighted by molar-refractivity contribution is -0.119. The molecule has 1 fully saturated rings. The molecule has 0 saturated heterocycles. The van der Waals surface area contributed by atoms with E-state index in [-0.39, 0.29) is 29.8 Å². The normalized spacial score (nSPS) is 19.8. The maximum atomic E-state index is 12.7. The van der Waals surface area contributed by atoms with Crippen LogP contribution in [0, 0.1) is 11.8 Å². The van der Waals surface area contributed by atoms with Gasteiger partial charge in [-0.1, -0.05) is 63.6 Å². The predicted molar refractivity (Wildman–Crippen MR) is 123 cm³/mol. The minimum absolute atomic E-state index is 0.0334. The first-order valence-corrected chi connectivity index (χ1v) is 12.0. The topological polar surface area (TPSA) is 88.9 Å². The van der Waals surface area contributed by atoms with Crippen LogP contribution in [0.1, 0.15) is 68.7 Å². The SMILES string of the molecule is CC(C)[C@H](NC(=O)c1ccccc1)c1nnc(SCC(=O)N[C@@H]2CCCC[C@H]2C)n1C. The average molecular weight is 444 g/mol. The van der Waals surface area contributed by atoms with Gasteiger partial charge >= 0.3 is 0 Å². The molecule has 1 heterocycles. The van der Waals surface area contributed by atoms with E-state index < -0.39 is 0 Å². The fourth-order valence-electron chi connectivity index (χ4n) is 3.98. The molecule has 0 aliphatic heterocycles. The van der Waals surface area contributed by atoms with E-state index in [0.29, 0.717) is 28.2 Å². The van der Waals surface area contributed by atoms with Crippen molar-refractivity contribution in [2.75, 3.05) is 5.75 Å². The minimum atomic E-state index is -0.281. The van der Waals surface area contributed by atoms with E-state index in [1.807, 2.05) is 43.7 Å². The number of benzene rings is 1. The van der Waals surface area contributed by atoms with E-state index in [4.69, 9.17) is 0 Å². The van der Waals surface area contributed by atoms with Gasteiger partial charge in [-0.3, -0.25) is 9.59 Å². The van der Waals surface area contributed by atoms with Crippen molar-refractivity contribution in [3.8, 4) is 0 Å². The van der Waals surface area contributed by atoms with E-state index in [9.17, 15) is 9.59 Å². The smallest absolute Gasteiger partial charge is 0.251 e. The van der Waals surface area contributed by atoms with Crippen molar-refractivity contribution in [2.45, 2.75) is 63.7 Å². The number of carbonyl (C=O) groups is 2. The lowest BCUT2D eigenvalue weighted by Crippen LogP contribution is -2.41. The van der Waals surface area contributed by atoms with Gasteiger partial charge in [-0.05, 0) is 36.8 Å². The number of aromatic nitrogens is 3. The van der Waals surface area contributed by atoms with Crippen LogP contribution < -0.4 is 10.6 Å². The zero-order valence-corrected chi connectivity index (χ0v) is 19.6. The Balaban J connectivity index is 1.61. The van der Waals surface area contributed by atoms with E-state index >= 15 is 0 Å². The van der Waals surface area contributed by atoms with Gasteiger partial charge in [0.2, 0.25) is 5.91 Å². The standard InChI is InChI=1S/C23H33N5O2S/c1-15(2)20(25-22(30)17-11-6-5-7-12-17)21-26-27-23(28(21)4)31-14-19(29)24-18-13-9-8-10-16(18)3/h5-7,11-12,15-16,18,20H,8-10,13-14H2,1-4H3,(H,24,29)(H,25,30)/t16-,18-,20+/m1/s1. The second kappa shape index (κ2) is 10.8. The summed E-state index contributed by atoms with van der Waals surface area (Å²) in [5.41, 5.74) is 0.610. The molecule has 2 amide bonds. The molecule has 0 spiro atoms. The fraction of sp³-hybridized carbons (Fsp3) is 0.565. The molecule has 0 bridgehead atoms. The van der Waals surface area contributed by atoms with Gasteiger partial charge in [0.25, 0.3) is 5.91 Å². The molecule has 3 atom stereocenters. The van der Waals surface area contributed by atoms with Gasteiger partial charge in [0.05, 0.1) is 11.8 Å². The van der Waals surface area contributed by atoms with E-state index in [2.05, 4.69) is 27.8 Å². The van der Waals surface area contributed by atoms with Crippen LogP contribution in [0.15, 0.2) is 35.5 Å². The Morgan fingerprint density at radius 3 is 2.55 bits per heavy atom. The molecule has 2 N–H and O–H groups in total. The van der Waals surface area contributed by atoms with Crippen LogP contribution in [-0.2, 0) is 11.8 Å². The third kappa shape index (κ3) is 6.09. The number of thioether (sulfide) groups is 1. The second-order valence-corrected chi connectivity index (χ2v) is 9.63. The second-order valence-electron chi connectivity index (χ2n) is 8.69. The molecule has 1 aliphatic rings. The Morgan fingerprint density at radius 2 is 1.87 bits per heavy atom. The first kappa shape index (κ1) is 23.3. The molecule has 2 aromatic rings. The van der Waals surface area contributed by atoms with Crippen molar-refractivity contribution < 1.29 is 9.59 Å². The molecule has 1 aromatic carbocycles. The van der Waals surface area contributed by atoms with Crippen molar-refractivity contribution >= 4 is 23.6 Å². The highest BCUT2D eigenvalue weighted by atomic mass is 32.2. The van der Waals surface area contributed by atoms with Crippen molar-refractivity contribution in [1.29, 1.82) is 0 Å². The number of rotatable bonds is 8.